The highest BCUT2D eigenvalue weighted by molar-refractivity contribution is 9.10. The molecule has 1 fully saturated rings. The molecule has 2 heterocycles. The van der Waals surface area contributed by atoms with E-state index in [0.717, 1.165) is 19.4 Å². The lowest BCUT2D eigenvalue weighted by molar-refractivity contribution is 0.0857. The van der Waals surface area contributed by atoms with Gasteiger partial charge in [-0.05, 0) is 59.1 Å². The number of nitrogens with one attached hydrogen (secondary N) is 2. The molecule has 0 spiro atoms. The smallest absolute Gasteiger partial charge is 0.291 e. The normalized spacial score (nSPS) is 16.8. The maximum Gasteiger partial charge on any atom is 0.291 e. The van der Waals surface area contributed by atoms with Gasteiger partial charge in [0.25, 0.3) is 11.8 Å². The zero-order chi connectivity index (χ0) is 16.9. The second-order valence-electron chi connectivity index (χ2n) is 5.48. The van der Waals surface area contributed by atoms with E-state index >= 15 is 0 Å². The molecule has 24 heavy (non-hydrogen) atoms. The highest BCUT2D eigenvalue weighted by Gasteiger charge is 2.17. The van der Waals surface area contributed by atoms with Crippen molar-refractivity contribution in [1.82, 2.24) is 5.32 Å². The number of anilines is 1. The Labute approximate surface area is 147 Å². The molecule has 1 aliphatic heterocycles. The van der Waals surface area contributed by atoms with Crippen molar-refractivity contribution in [3.8, 4) is 0 Å². The average molecular weight is 393 g/mol. The van der Waals surface area contributed by atoms with Gasteiger partial charge in [-0.1, -0.05) is 6.07 Å². The standard InChI is InChI=1S/C17H17BrN2O4/c18-15-7-6-14(24-15)17(22)20-12-4-1-3-11(9-12)16(21)19-10-13-5-2-8-23-13/h1,3-4,6-7,9,13H,2,5,8,10H2,(H,19,21)(H,20,22)/t13-/m1/s1. The summed E-state index contributed by atoms with van der Waals surface area (Å²) >= 11 is 3.15. The van der Waals surface area contributed by atoms with Crippen LogP contribution in [-0.2, 0) is 4.74 Å². The van der Waals surface area contributed by atoms with Crippen LogP contribution in [0.4, 0.5) is 5.69 Å². The SMILES string of the molecule is O=C(NC[C@H]1CCCO1)c1cccc(NC(=O)c2ccc(Br)o2)c1. The number of rotatable bonds is 5. The third-order valence-corrected chi connectivity index (χ3v) is 4.12. The Morgan fingerprint density at radius 3 is 2.79 bits per heavy atom. The van der Waals surface area contributed by atoms with E-state index in [4.69, 9.17) is 9.15 Å². The molecule has 1 aliphatic rings. The second kappa shape index (κ2) is 7.63. The predicted molar refractivity (Wildman–Crippen MR) is 92.1 cm³/mol. The molecule has 2 amide bonds. The van der Waals surface area contributed by atoms with E-state index in [2.05, 4.69) is 26.6 Å². The number of hydrogen-bond donors (Lipinski definition) is 2. The maximum absolute atomic E-state index is 12.2. The van der Waals surface area contributed by atoms with Crippen LogP contribution in [0.3, 0.4) is 0 Å². The summed E-state index contributed by atoms with van der Waals surface area (Å²) in [7, 11) is 0. The van der Waals surface area contributed by atoms with Crippen LogP contribution in [0.2, 0.25) is 0 Å². The molecular formula is C17H17BrN2O4. The predicted octanol–water partition coefficient (Wildman–Crippen LogP) is 3.20. The Kier molecular flexibility index (Phi) is 5.32. The molecule has 1 aromatic heterocycles. The topological polar surface area (TPSA) is 80.6 Å². The van der Waals surface area contributed by atoms with Crippen molar-refractivity contribution in [2.24, 2.45) is 0 Å². The summed E-state index contributed by atoms with van der Waals surface area (Å²) in [6.45, 7) is 1.25. The van der Waals surface area contributed by atoms with Crippen molar-refractivity contribution in [1.29, 1.82) is 0 Å². The highest BCUT2D eigenvalue weighted by Crippen LogP contribution is 2.17. The van der Waals surface area contributed by atoms with Crippen LogP contribution in [0.15, 0.2) is 45.5 Å². The van der Waals surface area contributed by atoms with Crippen LogP contribution in [0, 0.1) is 0 Å². The number of hydrogen-bond acceptors (Lipinski definition) is 4. The fraction of sp³-hybridized carbons (Fsp3) is 0.294. The molecular weight excluding hydrogens is 376 g/mol. The highest BCUT2D eigenvalue weighted by atomic mass is 79.9. The van der Waals surface area contributed by atoms with Crippen LogP contribution >= 0.6 is 15.9 Å². The van der Waals surface area contributed by atoms with Crippen LogP contribution in [-0.4, -0.2) is 31.1 Å². The van der Waals surface area contributed by atoms with E-state index in [0.29, 0.717) is 22.5 Å². The number of furan rings is 1. The Balaban J connectivity index is 1.60. The summed E-state index contributed by atoms with van der Waals surface area (Å²) in [5, 5.41) is 5.56. The van der Waals surface area contributed by atoms with E-state index < -0.39 is 0 Å². The molecule has 0 bridgehead atoms. The third kappa shape index (κ3) is 4.24. The van der Waals surface area contributed by atoms with E-state index in [1.807, 2.05) is 0 Å². The molecule has 126 valence electrons. The van der Waals surface area contributed by atoms with Crippen LogP contribution in [0.5, 0.6) is 0 Å². The Bertz CT molecular complexity index is 738. The van der Waals surface area contributed by atoms with Crippen molar-refractivity contribution in [3.63, 3.8) is 0 Å². The molecule has 7 heteroatoms. The average Bonchev–Trinajstić information content (AvgIpc) is 3.24. The summed E-state index contributed by atoms with van der Waals surface area (Å²) in [5.41, 5.74) is 1.00. The Morgan fingerprint density at radius 2 is 2.08 bits per heavy atom. The van der Waals surface area contributed by atoms with Crippen molar-refractivity contribution in [2.75, 3.05) is 18.5 Å². The summed E-state index contributed by atoms with van der Waals surface area (Å²) in [5.74, 6) is -0.380. The number of carbonyl (C=O) groups excluding carboxylic acids is 2. The van der Waals surface area contributed by atoms with Gasteiger partial charge >= 0.3 is 0 Å². The summed E-state index contributed by atoms with van der Waals surface area (Å²) in [6.07, 6.45) is 2.09. The number of halogens is 1. The largest absolute Gasteiger partial charge is 0.444 e. The van der Waals surface area contributed by atoms with Crippen LogP contribution in [0.25, 0.3) is 0 Å². The molecule has 0 unspecified atom stereocenters. The minimum Gasteiger partial charge on any atom is -0.444 e. The van der Waals surface area contributed by atoms with E-state index in [9.17, 15) is 9.59 Å². The third-order valence-electron chi connectivity index (χ3n) is 3.69. The van der Waals surface area contributed by atoms with Gasteiger partial charge in [0.1, 0.15) is 0 Å². The minimum absolute atomic E-state index is 0.0919. The van der Waals surface area contributed by atoms with Gasteiger partial charge in [0, 0.05) is 24.4 Å². The van der Waals surface area contributed by atoms with Crippen molar-refractivity contribution >= 4 is 33.4 Å². The first-order chi connectivity index (χ1) is 11.6. The van der Waals surface area contributed by atoms with Gasteiger partial charge in [0.2, 0.25) is 0 Å². The fourth-order valence-electron chi connectivity index (χ4n) is 2.48. The number of carbonyl (C=O) groups is 2. The lowest BCUT2D eigenvalue weighted by Gasteiger charge is -2.11. The summed E-state index contributed by atoms with van der Waals surface area (Å²) in [4.78, 5) is 24.3. The van der Waals surface area contributed by atoms with Gasteiger partial charge in [-0.15, -0.1) is 0 Å². The molecule has 3 rings (SSSR count). The number of amides is 2. The minimum atomic E-state index is -0.377. The first-order valence-electron chi connectivity index (χ1n) is 7.68. The van der Waals surface area contributed by atoms with E-state index in [1.165, 1.54) is 0 Å². The molecule has 1 atom stereocenters. The van der Waals surface area contributed by atoms with Crippen molar-refractivity contribution in [3.05, 3.63) is 52.4 Å². The fourth-order valence-corrected chi connectivity index (χ4v) is 2.79. The molecule has 1 aromatic carbocycles. The Hall–Kier alpha value is -2.12. The van der Waals surface area contributed by atoms with Gasteiger partial charge in [-0.3, -0.25) is 9.59 Å². The van der Waals surface area contributed by atoms with Crippen LogP contribution in [0.1, 0.15) is 33.8 Å². The van der Waals surface area contributed by atoms with Gasteiger partial charge in [-0.25, -0.2) is 0 Å². The lowest BCUT2D eigenvalue weighted by Crippen LogP contribution is -2.31. The number of ether oxygens (including phenoxy) is 1. The Morgan fingerprint density at radius 1 is 1.21 bits per heavy atom. The molecule has 2 aromatic rings. The lowest BCUT2D eigenvalue weighted by atomic mass is 10.1. The summed E-state index contributed by atoms with van der Waals surface area (Å²) < 4.78 is 11.2. The monoisotopic (exact) mass is 392 g/mol. The molecule has 1 saturated heterocycles. The van der Waals surface area contributed by atoms with Gasteiger partial charge in [0.05, 0.1) is 6.10 Å². The first-order valence-corrected chi connectivity index (χ1v) is 8.47. The van der Waals surface area contributed by atoms with E-state index in [-0.39, 0.29) is 23.7 Å². The summed E-state index contributed by atoms with van der Waals surface area (Å²) in [6, 6.07) is 9.97. The molecule has 6 nitrogen and oxygen atoms in total. The quantitative estimate of drug-likeness (QED) is 0.818. The zero-order valence-electron chi connectivity index (χ0n) is 12.9. The van der Waals surface area contributed by atoms with E-state index in [1.54, 1.807) is 36.4 Å². The number of benzene rings is 1. The van der Waals surface area contributed by atoms with Crippen LogP contribution < -0.4 is 10.6 Å². The van der Waals surface area contributed by atoms with Crippen molar-refractivity contribution < 1.29 is 18.7 Å². The van der Waals surface area contributed by atoms with Gasteiger partial charge in [0.15, 0.2) is 10.4 Å². The molecule has 2 N–H and O–H groups in total. The molecule has 0 radical (unpaired) electrons. The molecule has 0 saturated carbocycles. The zero-order valence-corrected chi connectivity index (χ0v) is 14.5. The second-order valence-corrected chi connectivity index (χ2v) is 6.27. The first kappa shape index (κ1) is 16.7. The van der Waals surface area contributed by atoms with Gasteiger partial charge in [-0.2, -0.15) is 0 Å². The van der Waals surface area contributed by atoms with Crippen molar-refractivity contribution in [2.45, 2.75) is 18.9 Å². The van der Waals surface area contributed by atoms with Gasteiger partial charge < -0.3 is 19.8 Å². The molecule has 0 aliphatic carbocycles. The maximum atomic E-state index is 12.2.